The minimum absolute atomic E-state index is 0.159. The highest BCUT2D eigenvalue weighted by Crippen LogP contribution is 2.63. The molecular weight excluding hydrogens is 468 g/mol. The van der Waals surface area contributed by atoms with Gasteiger partial charge in [0.1, 0.15) is 5.69 Å². The number of nitrogens with zero attached hydrogens (tertiary/aromatic N) is 3. The Balaban J connectivity index is 1.48. The Morgan fingerprint density at radius 2 is 1.86 bits per heavy atom. The van der Waals surface area contributed by atoms with Gasteiger partial charge in [0.15, 0.2) is 0 Å². The summed E-state index contributed by atoms with van der Waals surface area (Å²) in [5, 5.41) is 27.0. The second kappa shape index (κ2) is 10.9. The van der Waals surface area contributed by atoms with Crippen molar-refractivity contribution < 1.29 is 9.85 Å². The van der Waals surface area contributed by atoms with Gasteiger partial charge in [0.05, 0.1) is 21.6 Å². The maximum atomic E-state index is 11.5. The Kier molecular flexibility index (Phi) is 8.05. The van der Waals surface area contributed by atoms with Crippen molar-refractivity contribution in [3.05, 3.63) is 50.6 Å². The molecule has 2 fully saturated rings. The number of non-ortho nitro benzene ring substituents is 1. The molecule has 0 bridgehead atoms. The molecule has 7 atom stereocenters. The number of rotatable bonds is 9. The molecule has 8 nitrogen and oxygen atoms in total. The lowest BCUT2D eigenvalue weighted by Gasteiger charge is -2.51. The highest BCUT2D eigenvalue weighted by Gasteiger charge is 2.55. The molecule has 37 heavy (non-hydrogen) atoms. The van der Waals surface area contributed by atoms with Crippen LogP contribution in [0.4, 0.5) is 17.1 Å². The Labute approximate surface area is 220 Å². The van der Waals surface area contributed by atoms with E-state index in [0.717, 1.165) is 29.5 Å². The van der Waals surface area contributed by atoms with Crippen LogP contribution < -0.4 is 5.43 Å². The predicted molar refractivity (Wildman–Crippen MR) is 148 cm³/mol. The number of nitrogens with one attached hydrogen (secondary N) is 1. The Hall–Kier alpha value is -2.77. The summed E-state index contributed by atoms with van der Waals surface area (Å²) in [7, 11) is 0. The van der Waals surface area contributed by atoms with Gasteiger partial charge in [-0.05, 0) is 78.7 Å². The summed E-state index contributed by atoms with van der Waals surface area (Å²) in [6.07, 6.45) is 13.5. The Morgan fingerprint density at radius 1 is 1.11 bits per heavy atom. The fraction of sp³-hybridized carbons (Fsp3) is 0.690. The SMILES string of the molecule is CC(C)CCC[C@@H](C)[C@@H]1CC[C@@H]2[C@@H]3C=C/C(=N\Nc4ccc([N+](=O)[O-])cc4[N+](=O)[O-])[C@@H](C)[C@H]3CC[C@]21C. The van der Waals surface area contributed by atoms with Crippen LogP contribution in [0.25, 0.3) is 0 Å². The number of hydrogen-bond donors (Lipinski definition) is 1. The standard InChI is InChI=1S/C29H42N4O4/c1-18(2)7-6-8-19(3)24-11-12-25-23-10-14-26(20(4)22(23)15-16-29(24,25)5)30-31-27-13-9-21(32(34)35)17-28(27)33(36)37/h9-10,13-14,17-20,22-25,31H,6-8,11-12,15-16H2,1-5H3/b30-26+/t19-,20+,22-,23-,24+,25-,29+/m1/s1. The first kappa shape index (κ1) is 27.3. The monoisotopic (exact) mass is 510 g/mol. The van der Waals surface area contributed by atoms with Crippen molar-refractivity contribution in [2.45, 2.75) is 79.6 Å². The van der Waals surface area contributed by atoms with Crippen LogP contribution in [0.15, 0.2) is 35.5 Å². The molecular formula is C29H42N4O4. The van der Waals surface area contributed by atoms with Crippen LogP contribution in [0.3, 0.4) is 0 Å². The maximum absolute atomic E-state index is 11.5. The molecule has 0 heterocycles. The summed E-state index contributed by atoms with van der Waals surface area (Å²) in [5.74, 6) is 4.36. The zero-order chi connectivity index (χ0) is 26.9. The van der Waals surface area contributed by atoms with Crippen molar-refractivity contribution in [3.8, 4) is 0 Å². The molecule has 1 N–H and O–H groups in total. The van der Waals surface area contributed by atoms with Gasteiger partial charge in [0, 0.05) is 12.0 Å². The number of fused-ring (bicyclic) bond motifs is 3. The van der Waals surface area contributed by atoms with Crippen LogP contribution in [0, 0.1) is 67.1 Å². The minimum atomic E-state index is -0.633. The number of nitro groups is 2. The third kappa shape index (κ3) is 5.43. The third-order valence-corrected chi connectivity index (χ3v) is 9.88. The van der Waals surface area contributed by atoms with Gasteiger partial charge in [-0.25, -0.2) is 0 Å². The predicted octanol–water partition coefficient (Wildman–Crippen LogP) is 8.00. The van der Waals surface area contributed by atoms with Crippen molar-refractivity contribution in [2.75, 3.05) is 5.43 Å². The average molecular weight is 511 g/mol. The molecule has 1 aromatic carbocycles. The van der Waals surface area contributed by atoms with E-state index in [2.05, 4.69) is 57.3 Å². The average Bonchev–Trinajstić information content (AvgIpc) is 3.20. The quantitative estimate of drug-likeness (QED) is 0.267. The van der Waals surface area contributed by atoms with Crippen LogP contribution in [0.1, 0.15) is 79.6 Å². The number of hydrazone groups is 1. The molecule has 1 aromatic rings. The molecule has 2 saturated carbocycles. The lowest BCUT2D eigenvalue weighted by Crippen LogP contribution is -2.46. The van der Waals surface area contributed by atoms with Crippen LogP contribution in [0.5, 0.6) is 0 Å². The van der Waals surface area contributed by atoms with Gasteiger partial charge >= 0.3 is 5.69 Å². The highest BCUT2D eigenvalue weighted by atomic mass is 16.6. The topological polar surface area (TPSA) is 111 Å². The Morgan fingerprint density at radius 3 is 2.54 bits per heavy atom. The number of hydrogen-bond acceptors (Lipinski definition) is 6. The van der Waals surface area contributed by atoms with Gasteiger partial charge in [0.25, 0.3) is 5.69 Å². The largest absolute Gasteiger partial charge is 0.301 e. The number of allylic oxidation sites excluding steroid dienone is 2. The van der Waals surface area contributed by atoms with Gasteiger partial charge in [-0.15, -0.1) is 0 Å². The number of benzene rings is 1. The van der Waals surface area contributed by atoms with E-state index in [1.165, 1.54) is 57.1 Å². The third-order valence-electron chi connectivity index (χ3n) is 9.88. The summed E-state index contributed by atoms with van der Waals surface area (Å²) in [6.45, 7) is 11.9. The van der Waals surface area contributed by atoms with Gasteiger partial charge in [-0.2, -0.15) is 5.10 Å². The fourth-order valence-corrected chi connectivity index (χ4v) is 7.83. The van der Waals surface area contributed by atoms with Gasteiger partial charge in [-0.3, -0.25) is 25.7 Å². The second-order valence-electron chi connectivity index (χ2n) is 12.4. The van der Waals surface area contributed by atoms with Gasteiger partial charge < -0.3 is 0 Å². The summed E-state index contributed by atoms with van der Waals surface area (Å²) in [4.78, 5) is 21.3. The lowest BCUT2D eigenvalue weighted by atomic mass is 9.53. The Bertz CT molecular complexity index is 1080. The van der Waals surface area contributed by atoms with Crippen molar-refractivity contribution in [1.82, 2.24) is 0 Å². The van der Waals surface area contributed by atoms with E-state index in [1.807, 2.05) is 0 Å². The zero-order valence-corrected chi connectivity index (χ0v) is 22.9. The van der Waals surface area contributed by atoms with E-state index in [4.69, 9.17) is 0 Å². The van der Waals surface area contributed by atoms with Gasteiger partial charge in [-0.1, -0.05) is 60.0 Å². The van der Waals surface area contributed by atoms with Crippen LogP contribution in [-0.4, -0.2) is 15.6 Å². The molecule has 3 aliphatic carbocycles. The molecule has 0 radical (unpaired) electrons. The first-order valence-electron chi connectivity index (χ1n) is 14.0. The van der Waals surface area contributed by atoms with E-state index in [1.54, 1.807) is 0 Å². The maximum Gasteiger partial charge on any atom is 0.301 e. The summed E-state index contributed by atoms with van der Waals surface area (Å²) < 4.78 is 0. The van der Waals surface area contributed by atoms with Crippen molar-refractivity contribution in [2.24, 2.45) is 51.9 Å². The van der Waals surface area contributed by atoms with E-state index >= 15 is 0 Å². The smallest absolute Gasteiger partial charge is 0.271 e. The summed E-state index contributed by atoms with van der Waals surface area (Å²) >= 11 is 0. The van der Waals surface area contributed by atoms with Crippen molar-refractivity contribution in [1.29, 1.82) is 0 Å². The van der Waals surface area contributed by atoms with E-state index in [9.17, 15) is 20.2 Å². The fourth-order valence-electron chi connectivity index (χ4n) is 7.83. The lowest BCUT2D eigenvalue weighted by molar-refractivity contribution is -0.393. The van der Waals surface area contributed by atoms with E-state index < -0.39 is 9.85 Å². The highest BCUT2D eigenvalue weighted by molar-refractivity contribution is 5.98. The summed E-state index contributed by atoms with van der Waals surface area (Å²) in [6, 6.07) is 3.59. The molecule has 4 rings (SSSR count). The van der Waals surface area contributed by atoms with Crippen molar-refractivity contribution >= 4 is 22.8 Å². The normalized spacial score (nSPS) is 32.7. The number of anilines is 1. The van der Waals surface area contributed by atoms with E-state index in [0.29, 0.717) is 23.2 Å². The molecule has 3 aliphatic rings. The number of nitro benzene ring substituents is 2. The zero-order valence-electron chi connectivity index (χ0n) is 22.9. The first-order valence-corrected chi connectivity index (χ1v) is 14.0. The first-order chi connectivity index (χ1) is 17.5. The molecule has 8 heteroatoms. The van der Waals surface area contributed by atoms with Crippen molar-refractivity contribution in [3.63, 3.8) is 0 Å². The molecule has 0 spiro atoms. The van der Waals surface area contributed by atoms with E-state index in [-0.39, 0.29) is 23.0 Å². The molecule has 0 saturated heterocycles. The molecule has 0 unspecified atom stereocenters. The summed E-state index contributed by atoms with van der Waals surface area (Å²) in [5.41, 5.74) is 3.61. The minimum Gasteiger partial charge on any atom is -0.271 e. The molecule has 0 aromatic heterocycles. The van der Waals surface area contributed by atoms with Gasteiger partial charge in [0.2, 0.25) is 0 Å². The molecule has 202 valence electrons. The molecule has 0 aliphatic heterocycles. The molecule has 0 amide bonds. The van der Waals surface area contributed by atoms with Crippen LogP contribution >= 0.6 is 0 Å². The van der Waals surface area contributed by atoms with Crippen LogP contribution in [0.2, 0.25) is 0 Å². The second-order valence-corrected chi connectivity index (χ2v) is 12.4. The van der Waals surface area contributed by atoms with Crippen LogP contribution in [-0.2, 0) is 0 Å².